The van der Waals surface area contributed by atoms with Gasteiger partial charge in [-0.3, -0.25) is 4.90 Å². The Kier molecular flexibility index (Phi) is 6.64. The van der Waals surface area contributed by atoms with Gasteiger partial charge in [0.05, 0.1) is 5.56 Å². The van der Waals surface area contributed by atoms with E-state index in [9.17, 15) is 4.79 Å². The van der Waals surface area contributed by atoms with Crippen molar-refractivity contribution in [1.82, 2.24) is 4.90 Å². The van der Waals surface area contributed by atoms with Crippen LogP contribution in [-0.2, 0) is 4.74 Å². The summed E-state index contributed by atoms with van der Waals surface area (Å²) in [7, 11) is 0. The van der Waals surface area contributed by atoms with Crippen LogP contribution in [0.5, 0.6) is 0 Å². The first-order chi connectivity index (χ1) is 11.5. The molecule has 0 aliphatic carbocycles. The molecule has 0 bridgehead atoms. The number of carbonyl (C=O) groups excluding carboxylic acids is 1. The lowest BCUT2D eigenvalue weighted by Gasteiger charge is -2.25. The molecule has 0 fully saturated rings. The molecule has 1 atom stereocenters. The van der Waals surface area contributed by atoms with Crippen LogP contribution in [-0.4, -0.2) is 30.5 Å². The first-order valence-electron chi connectivity index (χ1n) is 8.07. The van der Waals surface area contributed by atoms with Gasteiger partial charge in [0.25, 0.3) is 0 Å². The third-order valence-corrected chi connectivity index (χ3v) is 4.21. The number of nitrogen functional groups attached to an aromatic ring is 1. The Labute approximate surface area is 148 Å². The zero-order chi connectivity index (χ0) is 17.5. The van der Waals surface area contributed by atoms with Gasteiger partial charge < -0.3 is 10.5 Å². The molecule has 2 aromatic rings. The largest absolute Gasteiger partial charge is 0.453 e. The zero-order valence-electron chi connectivity index (χ0n) is 14.0. The Morgan fingerprint density at radius 3 is 2.21 bits per heavy atom. The Bertz CT molecular complexity index is 652. The maximum Gasteiger partial charge on any atom is 0.338 e. The Morgan fingerprint density at radius 1 is 1.08 bits per heavy atom. The first-order valence-corrected chi connectivity index (χ1v) is 8.45. The third kappa shape index (κ3) is 4.98. The van der Waals surface area contributed by atoms with Crippen LogP contribution in [0.25, 0.3) is 0 Å². The molecule has 2 N–H and O–H groups in total. The lowest BCUT2D eigenvalue weighted by molar-refractivity contribution is 0.0204. The quantitative estimate of drug-likeness (QED) is 0.604. The number of nitrogens with zero attached hydrogens (tertiary/aromatic N) is 1. The van der Waals surface area contributed by atoms with Crippen LogP contribution < -0.4 is 5.73 Å². The van der Waals surface area contributed by atoms with Crippen LogP contribution in [0.1, 0.15) is 35.9 Å². The summed E-state index contributed by atoms with van der Waals surface area (Å²) in [5.74, 6) is -0.359. The topological polar surface area (TPSA) is 55.6 Å². The second kappa shape index (κ2) is 8.71. The molecule has 0 aromatic heterocycles. The van der Waals surface area contributed by atoms with Gasteiger partial charge >= 0.3 is 5.97 Å². The van der Waals surface area contributed by atoms with E-state index >= 15 is 0 Å². The minimum atomic E-state index is -0.359. The second-order valence-corrected chi connectivity index (χ2v) is 5.99. The average molecular weight is 347 g/mol. The molecule has 1 unspecified atom stereocenters. The van der Waals surface area contributed by atoms with Gasteiger partial charge in [-0.05, 0) is 55.1 Å². The van der Waals surface area contributed by atoms with Gasteiger partial charge in [0, 0.05) is 17.3 Å². The highest BCUT2D eigenvalue weighted by atomic mass is 35.5. The minimum Gasteiger partial charge on any atom is -0.453 e. The summed E-state index contributed by atoms with van der Waals surface area (Å²) in [5.41, 5.74) is 7.69. The molecule has 128 valence electrons. The van der Waals surface area contributed by atoms with E-state index < -0.39 is 0 Å². The van der Waals surface area contributed by atoms with Crippen LogP contribution in [0.2, 0.25) is 5.02 Å². The molecule has 0 aliphatic heterocycles. The number of anilines is 1. The fraction of sp³-hybridized carbons (Fsp3) is 0.316. The molecule has 5 heteroatoms. The fourth-order valence-electron chi connectivity index (χ4n) is 2.42. The van der Waals surface area contributed by atoms with Crippen LogP contribution in [0.15, 0.2) is 48.5 Å². The van der Waals surface area contributed by atoms with Crippen molar-refractivity contribution in [1.29, 1.82) is 0 Å². The van der Waals surface area contributed by atoms with Gasteiger partial charge in [-0.2, -0.15) is 0 Å². The van der Waals surface area contributed by atoms with Crippen molar-refractivity contribution in [3.05, 3.63) is 64.7 Å². The van der Waals surface area contributed by atoms with E-state index in [0.717, 1.165) is 18.7 Å². The van der Waals surface area contributed by atoms with Gasteiger partial charge in [0.2, 0.25) is 0 Å². The molecule has 0 saturated heterocycles. The van der Waals surface area contributed by atoms with Crippen molar-refractivity contribution in [2.45, 2.75) is 20.0 Å². The van der Waals surface area contributed by atoms with Crippen LogP contribution in [0.4, 0.5) is 5.69 Å². The van der Waals surface area contributed by atoms with Crippen molar-refractivity contribution in [3.8, 4) is 0 Å². The molecule has 0 saturated carbocycles. The number of hydrogen-bond donors (Lipinski definition) is 1. The summed E-state index contributed by atoms with van der Waals surface area (Å²) in [4.78, 5) is 14.7. The predicted molar refractivity (Wildman–Crippen MR) is 98.3 cm³/mol. The average Bonchev–Trinajstić information content (AvgIpc) is 2.59. The summed E-state index contributed by atoms with van der Waals surface area (Å²) in [5, 5.41) is 0.658. The van der Waals surface area contributed by atoms with Crippen molar-refractivity contribution in [3.63, 3.8) is 0 Å². The van der Waals surface area contributed by atoms with E-state index in [1.54, 1.807) is 24.3 Å². The molecular formula is C19H23ClN2O2. The molecule has 0 amide bonds. The summed E-state index contributed by atoms with van der Waals surface area (Å²) in [6.07, 6.45) is -0.354. The maximum absolute atomic E-state index is 12.5. The molecule has 0 aliphatic rings. The van der Waals surface area contributed by atoms with Crippen LogP contribution in [0, 0.1) is 0 Å². The van der Waals surface area contributed by atoms with E-state index in [4.69, 9.17) is 22.1 Å². The van der Waals surface area contributed by atoms with E-state index in [1.807, 2.05) is 24.3 Å². The lowest BCUT2D eigenvalue weighted by Crippen LogP contribution is -2.30. The summed E-state index contributed by atoms with van der Waals surface area (Å²) < 4.78 is 5.77. The Hall–Kier alpha value is -2.04. The van der Waals surface area contributed by atoms with Crippen molar-refractivity contribution < 1.29 is 9.53 Å². The maximum atomic E-state index is 12.5. The molecule has 2 aromatic carbocycles. The third-order valence-electron chi connectivity index (χ3n) is 3.96. The Balaban J connectivity index is 2.19. The second-order valence-electron chi connectivity index (χ2n) is 5.55. The summed E-state index contributed by atoms with van der Waals surface area (Å²) >= 11 is 5.96. The molecule has 0 spiro atoms. The van der Waals surface area contributed by atoms with Gasteiger partial charge in [0.1, 0.15) is 6.10 Å². The van der Waals surface area contributed by atoms with Crippen LogP contribution in [0.3, 0.4) is 0 Å². The van der Waals surface area contributed by atoms with Gasteiger partial charge in [-0.15, -0.1) is 0 Å². The van der Waals surface area contributed by atoms with Crippen molar-refractivity contribution in [2.75, 3.05) is 25.4 Å². The number of halogens is 1. The van der Waals surface area contributed by atoms with Crippen molar-refractivity contribution >= 4 is 23.3 Å². The van der Waals surface area contributed by atoms with E-state index in [2.05, 4.69) is 18.7 Å². The molecule has 24 heavy (non-hydrogen) atoms. The van der Waals surface area contributed by atoms with Gasteiger partial charge in [-0.1, -0.05) is 37.6 Å². The van der Waals surface area contributed by atoms with Gasteiger partial charge in [0.15, 0.2) is 0 Å². The van der Waals surface area contributed by atoms with E-state index in [1.165, 1.54) is 0 Å². The summed E-state index contributed by atoms with van der Waals surface area (Å²) in [6.45, 7) is 6.59. The number of ether oxygens (including phenoxy) is 1. The SMILES string of the molecule is CCN(CC)CC(OC(=O)c1ccc(N)cc1)c1ccc(Cl)cc1. The lowest BCUT2D eigenvalue weighted by atomic mass is 10.1. The van der Waals surface area contributed by atoms with Crippen molar-refractivity contribution in [2.24, 2.45) is 0 Å². The predicted octanol–water partition coefficient (Wildman–Crippen LogP) is 4.16. The number of carbonyl (C=O) groups is 1. The highest BCUT2D eigenvalue weighted by molar-refractivity contribution is 6.30. The van der Waals surface area contributed by atoms with Gasteiger partial charge in [-0.25, -0.2) is 4.79 Å². The van der Waals surface area contributed by atoms with Crippen LogP contribution >= 0.6 is 11.6 Å². The highest BCUT2D eigenvalue weighted by Gasteiger charge is 2.20. The number of esters is 1. The molecule has 0 heterocycles. The number of nitrogens with two attached hydrogens (primary N) is 1. The van der Waals surface area contributed by atoms with E-state index in [-0.39, 0.29) is 12.1 Å². The number of likely N-dealkylation sites (N-methyl/N-ethyl adjacent to an activating group) is 1. The fourth-order valence-corrected chi connectivity index (χ4v) is 2.55. The molecule has 0 radical (unpaired) electrons. The molecule has 2 rings (SSSR count). The first kappa shape index (κ1) is 18.3. The standard InChI is InChI=1S/C19H23ClN2O2/c1-3-22(4-2)13-18(14-5-9-16(20)10-6-14)24-19(23)15-7-11-17(21)12-8-15/h5-12,18H,3-4,13,21H2,1-2H3. The number of benzene rings is 2. The normalized spacial score (nSPS) is 12.2. The Morgan fingerprint density at radius 2 is 1.67 bits per heavy atom. The smallest absolute Gasteiger partial charge is 0.338 e. The number of rotatable bonds is 7. The molecular weight excluding hydrogens is 324 g/mol. The summed E-state index contributed by atoms with van der Waals surface area (Å²) in [6, 6.07) is 14.1. The number of hydrogen-bond acceptors (Lipinski definition) is 4. The van der Waals surface area contributed by atoms with E-state index in [0.29, 0.717) is 22.8 Å². The minimum absolute atomic E-state index is 0.354. The molecule has 4 nitrogen and oxygen atoms in total. The zero-order valence-corrected chi connectivity index (χ0v) is 14.8. The monoisotopic (exact) mass is 346 g/mol. The highest BCUT2D eigenvalue weighted by Crippen LogP contribution is 2.23.